The third kappa shape index (κ3) is 6.26. The number of ether oxygens (including phenoxy) is 1. The third-order valence-corrected chi connectivity index (χ3v) is 8.38. The quantitative estimate of drug-likeness (QED) is 0.537. The van der Waals surface area contributed by atoms with E-state index in [0.717, 1.165) is 36.6 Å². The van der Waals surface area contributed by atoms with Gasteiger partial charge in [-0.2, -0.15) is 8.78 Å². The van der Waals surface area contributed by atoms with E-state index in [2.05, 4.69) is 4.74 Å². The molecule has 1 heterocycles. The third-order valence-electron chi connectivity index (χ3n) is 5.34. The molecular formula is C21H22F3NO6S2. The molecule has 3 rings (SSSR count). The normalized spacial score (nSPS) is 15.6. The van der Waals surface area contributed by atoms with Crippen LogP contribution in [0.15, 0.2) is 52.3 Å². The molecule has 2 aromatic rings. The van der Waals surface area contributed by atoms with Gasteiger partial charge < -0.3 is 9.64 Å². The number of rotatable bonds is 7. The van der Waals surface area contributed by atoms with Gasteiger partial charge in [0, 0.05) is 19.3 Å². The zero-order chi connectivity index (χ0) is 24.4. The fourth-order valence-corrected chi connectivity index (χ4v) is 6.27. The molecule has 0 aromatic heterocycles. The monoisotopic (exact) mass is 505 g/mol. The van der Waals surface area contributed by atoms with Gasteiger partial charge in [-0.25, -0.2) is 21.2 Å². The number of hydrogen-bond donors (Lipinski definition) is 0. The minimum Gasteiger partial charge on any atom is -0.435 e. The van der Waals surface area contributed by atoms with Crippen molar-refractivity contribution in [2.75, 3.05) is 25.1 Å². The molecule has 33 heavy (non-hydrogen) atoms. The second-order valence-electron chi connectivity index (χ2n) is 7.78. The van der Waals surface area contributed by atoms with Gasteiger partial charge in [0.05, 0.1) is 21.1 Å². The van der Waals surface area contributed by atoms with Crippen molar-refractivity contribution in [3.8, 4) is 5.75 Å². The van der Waals surface area contributed by atoms with Crippen molar-refractivity contribution >= 4 is 25.6 Å². The second-order valence-corrected chi connectivity index (χ2v) is 11.8. The topological polar surface area (TPSA) is 97.8 Å². The van der Waals surface area contributed by atoms with Crippen molar-refractivity contribution in [2.24, 2.45) is 5.92 Å². The molecule has 0 aliphatic carbocycles. The predicted octanol–water partition coefficient (Wildman–Crippen LogP) is 3.16. The molecule has 1 aliphatic rings. The molecule has 0 spiro atoms. The van der Waals surface area contributed by atoms with Crippen LogP contribution in [0.3, 0.4) is 0 Å². The standard InChI is InChI=1S/C21H22F3NO6S2/c1-32(27,28)19-12-16(31-21(23)24)4-7-18(19)20(26)25-10-8-14(9-11-25)13-33(29,30)17-5-2-15(22)3-6-17/h2-7,12,14,21H,8-11,13H2,1H3. The maximum atomic E-state index is 13.1. The van der Waals surface area contributed by atoms with Crippen LogP contribution in [0.4, 0.5) is 13.2 Å². The van der Waals surface area contributed by atoms with E-state index in [0.29, 0.717) is 12.8 Å². The molecule has 1 amide bonds. The van der Waals surface area contributed by atoms with Crippen LogP contribution in [0, 0.1) is 11.7 Å². The summed E-state index contributed by atoms with van der Waals surface area (Å²) in [4.78, 5) is 14.0. The Bertz CT molecular complexity index is 1220. The summed E-state index contributed by atoms with van der Waals surface area (Å²) in [6.45, 7) is -2.76. The number of piperidine rings is 1. The SMILES string of the molecule is CS(=O)(=O)c1cc(OC(F)F)ccc1C(=O)N1CCC(CS(=O)(=O)c2ccc(F)cc2)CC1. The Kier molecular flexibility index (Phi) is 7.37. The van der Waals surface area contributed by atoms with Crippen LogP contribution in [0.25, 0.3) is 0 Å². The first-order valence-electron chi connectivity index (χ1n) is 9.93. The molecule has 1 aliphatic heterocycles. The van der Waals surface area contributed by atoms with E-state index < -0.39 is 42.9 Å². The average Bonchev–Trinajstić information content (AvgIpc) is 2.73. The summed E-state index contributed by atoms with van der Waals surface area (Å²) < 4.78 is 91.7. The summed E-state index contributed by atoms with van der Waals surface area (Å²) in [7, 11) is -7.55. The number of nitrogens with zero attached hydrogens (tertiary/aromatic N) is 1. The van der Waals surface area contributed by atoms with Crippen LogP contribution in [-0.4, -0.2) is 59.4 Å². The maximum Gasteiger partial charge on any atom is 0.387 e. The lowest BCUT2D eigenvalue weighted by molar-refractivity contribution is -0.0500. The highest BCUT2D eigenvalue weighted by Crippen LogP contribution is 2.28. The maximum absolute atomic E-state index is 13.1. The highest BCUT2D eigenvalue weighted by molar-refractivity contribution is 7.91. The fraction of sp³-hybridized carbons (Fsp3) is 0.381. The number of carbonyl (C=O) groups is 1. The molecule has 1 saturated heterocycles. The molecule has 0 saturated carbocycles. The molecule has 0 N–H and O–H groups in total. The summed E-state index contributed by atoms with van der Waals surface area (Å²) in [6.07, 6.45) is 1.59. The highest BCUT2D eigenvalue weighted by atomic mass is 32.2. The number of alkyl halides is 2. The van der Waals surface area contributed by atoms with Gasteiger partial charge in [-0.05, 0) is 61.2 Å². The lowest BCUT2D eigenvalue weighted by Gasteiger charge is -2.32. The number of benzene rings is 2. The van der Waals surface area contributed by atoms with Crippen LogP contribution in [0.5, 0.6) is 5.75 Å². The van der Waals surface area contributed by atoms with Crippen molar-refractivity contribution < 1.29 is 39.5 Å². The summed E-state index contributed by atoms with van der Waals surface area (Å²) in [6, 6.07) is 7.67. The van der Waals surface area contributed by atoms with Crippen molar-refractivity contribution in [3.05, 3.63) is 53.8 Å². The molecule has 2 aromatic carbocycles. The number of sulfone groups is 2. The van der Waals surface area contributed by atoms with Crippen molar-refractivity contribution in [1.82, 2.24) is 4.90 Å². The first-order chi connectivity index (χ1) is 15.4. The predicted molar refractivity (Wildman–Crippen MR) is 113 cm³/mol. The molecular weight excluding hydrogens is 483 g/mol. The first-order valence-corrected chi connectivity index (χ1v) is 13.5. The zero-order valence-electron chi connectivity index (χ0n) is 17.6. The summed E-state index contributed by atoms with van der Waals surface area (Å²) in [5.41, 5.74) is -0.170. The molecule has 1 fully saturated rings. The van der Waals surface area contributed by atoms with E-state index in [1.165, 1.54) is 17.0 Å². The fourth-order valence-electron chi connectivity index (χ4n) is 3.68. The molecule has 0 unspecified atom stereocenters. The Morgan fingerprint density at radius 3 is 2.21 bits per heavy atom. The Morgan fingerprint density at radius 1 is 1.06 bits per heavy atom. The number of amides is 1. The first kappa shape index (κ1) is 25.0. The lowest BCUT2D eigenvalue weighted by Crippen LogP contribution is -2.40. The van der Waals surface area contributed by atoms with Crippen LogP contribution < -0.4 is 4.74 Å². The largest absolute Gasteiger partial charge is 0.435 e. The van der Waals surface area contributed by atoms with E-state index in [9.17, 15) is 34.8 Å². The van der Waals surface area contributed by atoms with Crippen molar-refractivity contribution in [3.63, 3.8) is 0 Å². The number of halogens is 3. The van der Waals surface area contributed by atoms with Crippen LogP contribution in [0.1, 0.15) is 23.2 Å². The van der Waals surface area contributed by atoms with Gasteiger partial charge >= 0.3 is 6.61 Å². The van der Waals surface area contributed by atoms with E-state index in [-0.39, 0.29) is 41.0 Å². The van der Waals surface area contributed by atoms with Crippen LogP contribution in [0.2, 0.25) is 0 Å². The molecule has 0 atom stereocenters. The second kappa shape index (κ2) is 9.72. The molecule has 180 valence electrons. The van der Waals surface area contributed by atoms with Crippen molar-refractivity contribution in [2.45, 2.75) is 29.2 Å². The van der Waals surface area contributed by atoms with Gasteiger partial charge in [0.2, 0.25) is 0 Å². The van der Waals surface area contributed by atoms with E-state index in [4.69, 9.17) is 0 Å². The Balaban J connectivity index is 1.71. The van der Waals surface area contributed by atoms with Gasteiger partial charge in [0.25, 0.3) is 5.91 Å². The van der Waals surface area contributed by atoms with E-state index in [1.54, 1.807) is 0 Å². The van der Waals surface area contributed by atoms with E-state index in [1.807, 2.05) is 0 Å². The lowest BCUT2D eigenvalue weighted by atomic mass is 9.98. The van der Waals surface area contributed by atoms with Gasteiger partial charge in [-0.15, -0.1) is 0 Å². The van der Waals surface area contributed by atoms with Crippen LogP contribution in [-0.2, 0) is 19.7 Å². The van der Waals surface area contributed by atoms with Gasteiger partial charge in [0.1, 0.15) is 11.6 Å². The van der Waals surface area contributed by atoms with Gasteiger partial charge in [0.15, 0.2) is 19.7 Å². The van der Waals surface area contributed by atoms with Gasteiger partial charge in [-0.3, -0.25) is 4.79 Å². The van der Waals surface area contributed by atoms with Crippen molar-refractivity contribution in [1.29, 1.82) is 0 Å². The Morgan fingerprint density at radius 2 is 1.67 bits per heavy atom. The van der Waals surface area contributed by atoms with Gasteiger partial charge in [-0.1, -0.05) is 0 Å². The zero-order valence-corrected chi connectivity index (χ0v) is 19.2. The molecule has 0 bridgehead atoms. The summed E-state index contributed by atoms with van der Waals surface area (Å²) >= 11 is 0. The number of likely N-dealkylation sites (tertiary alicyclic amines) is 1. The van der Waals surface area contributed by atoms with Crippen LogP contribution >= 0.6 is 0 Å². The Labute approximate surface area is 190 Å². The number of hydrogen-bond acceptors (Lipinski definition) is 6. The summed E-state index contributed by atoms with van der Waals surface area (Å²) in [5.74, 6) is -1.91. The highest BCUT2D eigenvalue weighted by Gasteiger charge is 2.30. The Hall–Kier alpha value is -2.60. The molecule has 12 heteroatoms. The number of carbonyl (C=O) groups excluding carboxylic acids is 1. The average molecular weight is 506 g/mol. The molecule has 0 radical (unpaired) electrons. The smallest absolute Gasteiger partial charge is 0.387 e. The molecule has 7 nitrogen and oxygen atoms in total. The van der Waals surface area contributed by atoms with E-state index >= 15 is 0 Å². The minimum atomic E-state index is -3.92. The minimum absolute atomic E-state index is 0.0197. The summed E-state index contributed by atoms with van der Waals surface area (Å²) in [5, 5.41) is 0.